The molecule has 7 heteroatoms. The van der Waals surface area contributed by atoms with Gasteiger partial charge in [0.05, 0.1) is 0 Å². The molecule has 1 aromatic carbocycles. The normalized spacial score (nSPS) is 13.1. The van der Waals surface area contributed by atoms with Crippen molar-refractivity contribution in [1.82, 2.24) is 5.32 Å². The molecule has 0 aliphatic rings. The topological polar surface area (TPSA) is 64.6 Å². The van der Waals surface area contributed by atoms with Crippen LogP contribution < -0.4 is 5.32 Å². The molecule has 1 N–H and O–H groups in total. The van der Waals surface area contributed by atoms with Gasteiger partial charge >= 0.3 is 12.1 Å². The summed E-state index contributed by atoms with van der Waals surface area (Å²) in [5.74, 6) is -1.08. The summed E-state index contributed by atoms with van der Waals surface area (Å²) in [5.41, 5.74) is -1.13. The van der Waals surface area contributed by atoms with Gasteiger partial charge in [0.1, 0.15) is 23.1 Å². The maximum atomic E-state index is 14.1. The van der Waals surface area contributed by atoms with Crippen molar-refractivity contribution in [1.29, 1.82) is 0 Å². The second-order valence-electron chi connectivity index (χ2n) is 7.67. The quantitative estimate of drug-likeness (QED) is 0.535. The standard InChI is InChI=1S/C18H25FINO4/c1-17(2,3)24-15(22)14(21-16(23)25-18(4,5)6)9-11-7-8-12(20)10-13(11)19/h7-8,10,14H,9H2,1-6H3,(H,21,23)/t14-/m0/s1. The first-order chi connectivity index (χ1) is 11.3. The average Bonchev–Trinajstić information content (AvgIpc) is 2.36. The minimum absolute atomic E-state index is 0.0308. The smallest absolute Gasteiger partial charge is 0.408 e. The molecule has 0 aliphatic heterocycles. The molecule has 5 nitrogen and oxygen atoms in total. The number of halogens is 2. The van der Waals surface area contributed by atoms with Gasteiger partial charge in [0, 0.05) is 9.99 Å². The highest BCUT2D eigenvalue weighted by atomic mass is 127. The molecule has 1 amide bonds. The Labute approximate surface area is 161 Å². The first-order valence-electron chi connectivity index (χ1n) is 7.93. The van der Waals surface area contributed by atoms with E-state index >= 15 is 0 Å². The molecule has 1 rings (SSSR count). The zero-order valence-electron chi connectivity index (χ0n) is 15.4. The summed E-state index contributed by atoms with van der Waals surface area (Å²) < 4.78 is 25.4. The Balaban J connectivity index is 2.98. The summed E-state index contributed by atoms with van der Waals surface area (Å²) in [6, 6.07) is 3.64. The number of hydrogen-bond acceptors (Lipinski definition) is 4. The fourth-order valence-electron chi connectivity index (χ4n) is 1.92. The number of nitrogens with one attached hydrogen (secondary N) is 1. The summed E-state index contributed by atoms with van der Waals surface area (Å²) in [5, 5.41) is 2.48. The van der Waals surface area contributed by atoms with E-state index in [-0.39, 0.29) is 6.42 Å². The molecule has 0 saturated heterocycles. The van der Waals surface area contributed by atoms with Crippen molar-refractivity contribution in [2.24, 2.45) is 0 Å². The third kappa shape index (κ3) is 8.51. The Morgan fingerprint density at radius 1 is 1.12 bits per heavy atom. The van der Waals surface area contributed by atoms with Crippen LogP contribution in [0.2, 0.25) is 0 Å². The minimum Gasteiger partial charge on any atom is -0.458 e. The van der Waals surface area contributed by atoms with Crippen molar-refractivity contribution in [2.75, 3.05) is 0 Å². The monoisotopic (exact) mass is 465 g/mol. The van der Waals surface area contributed by atoms with Crippen LogP contribution in [0.5, 0.6) is 0 Å². The van der Waals surface area contributed by atoms with E-state index in [0.29, 0.717) is 5.56 Å². The number of carbonyl (C=O) groups is 2. The van der Waals surface area contributed by atoms with E-state index in [4.69, 9.17) is 9.47 Å². The van der Waals surface area contributed by atoms with Crippen LogP contribution in [0.4, 0.5) is 9.18 Å². The summed E-state index contributed by atoms with van der Waals surface area (Å²) in [6.07, 6.45) is -0.786. The zero-order chi connectivity index (χ0) is 19.4. The van der Waals surface area contributed by atoms with E-state index in [1.165, 1.54) is 6.07 Å². The van der Waals surface area contributed by atoms with E-state index < -0.39 is 35.1 Å². The number of carbonyl (C=O) groups excluding carboxylic acids is 2. The predicted molar refractivity (Wildman–Crippen MR) is 102 cm³/mol. The number of ether oxygens (including phenoxy) is 2. The first kappa shape index (κ1) is 21.7. The van der Waals surface area contributed by atoms with Gasteiger partial charge < -0.3 is 14.8 Å². The molecular formula is C18H25FINO4. The maximum absolute atomic E-state index is 14.1. The molecule has 0 radical (unpaired) electrons. The van der Waals surface area contributed by atoms with Crippen molar-refractivity contribution in [3.05, 3.63) is 33.1 Å². The van der Waals surface area contributed by atoms with Crippen LogP contribution in [0.15, 0.2) is 18.2 Å². The highest BCUT2D eigenvalue weighted by molar-refractivity contribution is 14.1. The summed E-state index contributed by atoms with van der Waals surface area (Å²) in [6.45, 7) is 10.3. The average molecular weight is 465 g/mol. The Morgan fingerprint density at radius 2 is 1.68 bits per heavy atom. The molecule has 140 valence electrons. The SMILES string of the molecule is CC(C)(C)OC(=O)N[C@@H](Cc1ccc(I)cc1F)C(=O)OC(C)(C)C. The maximum Gasteiger partial charge on any atom is 0.408 e. The number of hydrogen-bond donors (Lipinski definition) is 1. The highest BCUT2D eigenvalue weighted by Crippen LogP contribution is 2.17. The molecular weight excluding hydrogens is 440 g/mol. The molecule has 0 bridgehead atoms. The van der Waals surface area contributed by atoms with Gasteiger partial charge in [0.25, 0.3) is 0 Å². The molecule has 0 fully saturated rings. The van der Waals surface area contributed by atoms with E-state index in [2.05, 4.69) is 5.32 Å². The van der Waals surface area contributed by atoms with Crippen LogP contribution in [0.25, 0.3) is 0 Å². The third-order valence-corrected chi connectivity index (χ3v) is 3.49. The Hall–Kier alpha value is -1.38. The van der Waals surface area contributed by atoms with Gasteiger partial charge in [-0.3, -0.25) is 0 Å². The van der Waals surface area contributed by atoms with Gasteiger partial charge in [-0.05, 0) is 81.8 Å². The fraction of sp³-hybridized carbons (Fsp3) is 0.556. The number of benzene rings is 1. The molecule has 25 heavy (non-hydrogen) atoms. The van der Waals surface area contributed by atoms with E-state index in [1.807, 2.05) is 22.6 Å². The van der Waals surface area contributed by atoms with Crippen molar-refractivity contribution in [3.8, 4) is 0 Å². The Morgan fingerprint density at radius 3 is 2.16 bits per heavy atom. The lowest BCUT2D eigenvalue weighted by Gasteiger charge is -2.26. The minimum atomic E-state index is -1.05. The van der Waals surface area contributed by atoms with Crippen LogP contribution in [0.3, 0.4) is 0 Å². The lowest BCUT2D eigenvalue weighted by molar-refractivity contribution is -0.157. The van der Waals surface area contributed by atoms with Crippen LogP contribution in [-0.4, -0.2) is 29.3 Å². The number of amides is 1. The predicted octanol–water partition coefficient (Wildman–Crippen LogP) is 4.21. The van der Waals surface area contributed by atoms with Crippen LogP contribution >= 0.6 is 22.6 Å². The Kier molecular flexibility index (Phi) is 7.22. The zero-order valence-corrected chi connectivity index (χ0v) is 17.6. The van der Waals surface area contributed by atoms with Crippen molar-refractivity contribution in [2.45, 2.75) is 65.2 Å². The molecule has 0 saturated carbocycles. The van der Waals surface area contributed by atoms with Gasteiger partial charge in [0.15, 0.2) is 0 Å². The van der Waals surface area contributed by atoms with Gasteiger partial charge in [-0.2, -0.15) is 0 Å². The van der Waals surface area contributed by atoms with E-state index in [1.54, 1.807) is 53.7 Å². The number of alkyl carbamates (subject to hydrolysis) is 1. The molecule has 0 heterocycles. The van der Waals surface area contributed by atoms with Gasteiger partial charge in [-0.25, -0.2) is 14.0 Å². The molecule has 1 aromatic rings. The second-order valence-corrected chi connectivity index (χ2v) is 8.92. The number of esters is 1. The van der Waals surface area contributed by atoms with Gasteiger partial charge in [0.2, 0.25) is 0 Å². The number of rotatable bonds is 4. The van der Waals surface area contributed by atoms with Gasteiger partial charge in [-0.1, -0.05) is 6.07 Å². The largest absolute Gasteiger partial charge is 0.458 e. The lowest BCUT2D eigenvalue weighted by atomic mass is 10.0. The van der Waals surface area contributed by atoms with Crippen LogP contribution in [0.1, 0.15) is 47.1 Å². The van der Waals surface area contributed by atoms with E-state index in [9.17, 15) is 14.0 Å². The van der Waals surface area contributed by atoms with E-state index in [0.717, 1.165) is 3.57 Å². The van der Waals surface area contributed by atoms with Crippen LogP contribution in [-0.2, 0) is 20.7 Å². The second kappa shape index (κ2) is 8.33. The lowest BCUT2D eigenvalue weighted by Crippen LogP contribution is -2.47. The van der Waals surface area contributed by atoms with Crippen molar-refractivity contribution >= 4 is 34.7 Å². The Bertz CT molecular complexity index is 635. The summed E-state index contributed by atoms with van der Waals surface area (Å²) in [7, 11) is 0. The van der Waals surface area contributed by atoms with Crippen molar-refractivity contribution in [3.63, 3.8) is 0 Å². The fourth-order valence-corrected chi connectivity index (χ4v) is 2.38. The summed E-state index contributed by atoms with van der Waals surface area (Å²) >= 11 is 2.00. The van der Waals surface area contributed by atoms with Crippen molar-refractivity contribution < 1.29 is 23.5 Å². The third-order valence-electron chi connectivity index (χ3n) is 2.82. The molecule has 0 aliphatic carbocycles. The molecule has 0 aromatic heterocycles. The molecule has 0 spiro atoms. The molecule has 0 unspecified atom stereocenters. The first-order valence-corrected chi connectivity index (χ1v) is 9.01. The van der Waals surface area contributed by atoms with Crippen LogP contribution in [0, 0.1) is 9.39 Å². The molecule has 1 atom stereocenters. The van der Waals surface area contributed by atoms with Gasteiger partial charge in [-0.15, -0.1) is 0 Å². The summed E-state index contributed by atoms with van der Waals surface area (Å²) in [4.78, 5) is 24.5. The highest BCUT2D eigenvalue weighted by Gasteiger charge is 2.29.